The number of anilines is 3. The molecule has 0 radical (unpaired) electrons. The summed E-state index contributed by atoms with van der Waals surface area (Å²) in [5.41, 5.74) is -3.29. The zero-order chi connectivity index (χ0) is 28.7. The lowest BCUT2D eigenvalue weighted by Crippen LogP contribution is -2.43. The fourth-order valence-electron chi connectivity index (χ4n) is 2.34. The first-order valence-corrected chi connectivity index (χ1v) is 12.5. The molecule has 1 heterocycles. The second-order valence-electron chi connectivity index (χ2n) is 14.3. The van der Waals surface area contributed by atoms with E-state index in [1.807, 2.05) is 104 Å². The van der Waals surface area contributed by atoms with E-state index >= 15 is 0 Å². The molecule has 3 N–H and O–H groups in total. The van der Waals surface area contributed by atoms with E-state index in [0.717, 1.165) is 0 Å². The van der Waals surface area contributed by atoms with Crippen LogP contribution in [-0.2, 0) is 14.4 Å². The first kappa shape index (κ1) is 31.4. The van der Waals surface area contributed by atoms with E-state index in [1.165, 1.54) is 0 Å². The largest absolute Gasteiger partial charge is 0.294 e. The van der Waals surface area contributed by atoms with Crippen molar-refractivity contribution in [1.82, 2.24) is 15.0 Å². The Balaban J connectivity index is 3.49. The van der Waals surface area contributed by atoms with E-state index in [4.69, 9.17) is 0 Å². The summed E-state index contributed by atoms with van der Waals surface area (Å²) >= 11 is 0. The Bertz CT molecular complexity index is 865. The molecule has 9 nitrogen and oxygen atoms in total. The molecule has 0 fully saturated rings. The van der Waals surface area contributed by atoms with Crippen molar-refractivity contribution in [2.24, 2.45) is 32.5 Å². The Morgan fingerprint density at radius 2 is 0.583 bits per heavy atom. The van der Waals surface area contributed by atoms with Crippen LogP contribution in [0, 0.1) is 32.5 Å². The maximum atomic E-state index is 13.1. The summed E-state index contributed by atoms with van der Waals surface area (Å²) in [6.45, 7) is 28.8. The third-order valence-corrected chi connectivity index (χ3v) is 8.64. The normalized spacial score (nSPS) is 13.8. The van der Waals surface area contributed by atoms with Crippen molar-refractivity contribution in [3.63, 3.8) is 0 Å². The Morgan fingerprint density at radius 1 is 0.417 bits per heavy atom. The Morgan fingerprint density at radius 3 is 0.722 bits per heavy atom. The average molecular weight is 505 g/mol. The number of rotatable bonds is 6. The monoisotopic (exact) mass is 504 g/mol. The standard InChI is InChI=1S/C27H48N6O3/c1-22(2,3)25(10,11)16(34)28-19-31-20(29-17(35)26(12,13)23(4,5)6)33-21(32-19)30-18(36)27(14,15)24(7,8)9/h1-15H3,(H3,28,29,30,31,32,33,34,35,36). The van der Waals surface area contributed by atoms with Gasteiger partial charge in [-0.25, -0.2) is 0 Å². The molecule has 9 heteroatoms. The molecule has 0 saturated carbocycles. The molecule has 0 bridgehead atoms. The van der Waals surface area contributed by atoms with Gasteiger partial charge in [0.25, 0.3) is 0 Å². The van der Waals surface area contributed by atoms with Crippen molar-refractivity contribution in [3.8, 4) is 0 Å². The van der Waals surface area contributed by atoms with Crippen LogP contribution >= 0.6 is 0 Å². The van der Waals surface area contributed by atoms with E-state index in [9.17, 15) is 14.4 Å². The summed E-state index contributed by atoms with van der Waals surface area (Å²) in [7, 11) is 0. The number of nitrogens with one attached hydrogen (secondary N) is 3. The van der Waals surface area contributed by atoms with Gasteiger partial charge in [-0.15, -0.1) is 0 Å². The SMILES string of the molecule is CC(C)(C)C(C)(C)C(=O)Nc1nc(NC(=O)C(C)(C)C(C)(C)C)nc(NC(=O)C(C)(C)C(C)(C)C)n1. The number of carbonyl (C=O) groups excluding carboxylic acids is 3. The van der Waals surface area contributed by atoms with Crippen LogP contribution in [0.25, 0.3) is 0 Å². The molecule has 0 aliphatic carbocycles. The number of aromatic nitrogens is 3. The van der Waals surface area contributed by atoms with Crippen LogP contribution in [0.5, 0.6) is 0 Å². The smallest absolute Gasteiger partial charge is 0.236 e. The molecule has 204 valence electrons. The molecular weight excluding hydrogens is 456 g/mol. The van der Waals surface area contributed by atoms with E-state index < -0.39 is 16.2 Å². The lowest BCUT2D eigenvalue weighted by molar-refractivity contribution is -0.129. The van der Waals surface area contributed by atoms with Crippen molar-refractivity contribution < 1.29 is 14.4 Å². The van der Waals surface area contributed by atoms with Crippen molar-refractivity contribution in [2.45, 2.75) is 104 Å². The van der Waals surface area contributed by atoms with Gasteiger partial charge in [0.2, 0.25) is 35.6 Å². The zero-order valence-electron chi connectivity index (χ0n) is 25.1. The van der Waals surface area contributed by atoms with Gasteiger partial charge in [-0.2, -0.15) is 15.0 Å². The lowest BCUT2D eigenvalue weighted by atomic mass is 9.69. The highest BCUT2D eigenvalue weighted by atomic mass is 16.2. The van der Waals surface area contributed by atoms with Gasteiger partial charge in [-0.05, 0) is 16.2 Å². The van der Waals surface area contributed by atoms with Crippen molar-refractivity contribution in [1.29, 1.82) is 0 Å². The van der Waals surface area contributed by atoms with Gasteiger partial charge in [0, 0.05) is 16.2 Å². The van der Waals surface area contributed by atoms with E-state index in [1.54, 1.807) is 0 Å². The molecular formula is C27H48N6O3. The molecule has 0 saturated heterocycles. The highest BCUT2D eigenvalue weighted by Crippen LogP contribution is 2.40. The fraction of sp³-hybridized carbons (Fsp3) is 0.778. The second kappa shape index (κ2) is 9.71. The van der Waals surface area contributed by atoms with Gasteiger partial charge >= 0.3 is 0 Å². The molecule has 0 aromatic carbocycles. The van der Waals surface area contributed by atoms with Crippen LogP contribution in [0.2, 0.25) is 0 Å². The molecule has 3 amide bonds. The number of hydrogen-bond acceptors (Lipinski definition) is 6. The molecule has 0 atom stereocenters. The molecule has 0 spiro atoms. The highest BCUT2D eigenvalue weighted by Gasteiger charge is 2.42. The minimum Gasteiger partial charge on any atom is -0.294 e. The van der Waals surface area contributed by atoms with Crippen molar-refractivity contribution >= 4 is 35.6 Å². The number of nitrogens with zero attached hydrogens (tertiary/aromatic N) is 3. The number of carbonyl (C=O) groups is 3. The minimum absolute atomic E-state index is 0.0555. The molecule has 0 aliphatic heterocycles. The first-order valence-electron chi connectivity index (χ1n) is 12.5. The Hall–Kier alpha value is -2.58. The van der Waals surface area contributed by atoms with Crippen LogP contribution in [0.3, 0.4) is 0 Å². The fourth-order valence-corrected chi connectivity index (χ4v) is 2.34. The number of hydrogen-bond donors (Lipinski definition) is 3. The Labute approximate surface area is 217 Å². The molecule has 0 unspecified atom stereocenters. The van der Waals surface area contributed by atoms with Crippen LogP contribution in [0.4, 0.5) is 17.8 Å². The van der Waals surface area contributed by atoms with Crippen molar-refractivity contribution in [2.75, 3.05) is 16.0 Å². The quantitative estimate of drug-likeness (QED) is 0.442. The summed E-state index contributed by atoms with van der Waals surface area (Å²) in [5.74, 6) is -1.04. The first-order chi connectivity index (χ1) is 15.7. The summed E-state index contributed by atoms with van der Waals surface area (Å²) in [6.07, 6.45) is 0. The third-order valence-electron chi connectivity index (χ3n) is 8.64. The maximum Gasteiger partial charge on any atom is 0.236 e. The highest BCUT2D eigenvalue weighted by molar-refractivity contribution is 5.97. The van der Waals surface area contributed by atoms with Gasteiger partial charge < -0.3 is 0 Å². The van der Waals surface area contributed by atoms with Crippen molar-refractivity contribution in [3.05, 3.63) is 0 Å². The Kier molecular flexibility index (Phi) is 8.48. The molecule has 1 aromatic heterocycles. The van der Waals surface area contributed by atoms with E-state index in [0.29, 0.717) is 0 Å². The minimum atomic E-state index is -0.755. The van der Waals surface area contributed by atoms with Crippen LogP contribution in [0.15, 0.2) is 0 Å². The lowest BCUT2D eigenvalue weighted by Gasteiger charge is -2.37. The summed E-state index contributed by atoms with van der Waals surface area (Å²) in [4.78, 5) is 52.3. The predicted molar refractivity (Wildman–Crippen MR) is 145 cm³/mol. The summed E-state index contributed by atoms with van der Waals surface area (Å²) < 4.78 is 0. The average Bonchev–Trinajstić information content (AvgIpc) is 2.64. The van der Waals surface area contributed by atoms with Gasteiger partial charge in [0.15, 0.2) is 0 Å². The van der Waals surface area contributed by atoms with Gasteiger partial charge in [0.05, 0.1) is 0 Å². The van der Waals surface area contributed by atoms with Crippen LogP contribution in [0.1, 0.15) is 104 Å². The zero-order valence-corrected chi connectivity index (χ0v) is 25.1. The van der Waals surface area contributed by atoms with Gasteiger partial charge in [0.1, 0.15) is 0 Å². The van der Waals surface area contributed by atoms with Crippen LogP contribution in [-0.4, -0.2) is 32.7 Å². The number of amides is 3. The third kappa shape index (κ3) is 6.59. The van der Waals surface area contributed by atoms with Gasteiger partial charge in [-0.3, -0.25) is 30.3 Å². The van der Waals surface area contributed by atoms with E-state index in [2.05, 4.69) is 30.9 Å². The second-order valence-corrected chi connectivity index (χ2v) is 14.3. The summed E-state index contributed by atoms with van der Waals surface area (Å²) in [5, 5.41) is 8.25. The molecule has 1 rings (SSSR count). The van der Waals surface area contributed by atoms with E-state index in [-0.39, 0.29) is 51.8 Å². The predicted octanol–water partition coefficient (Wildman–Crippen LogP) is 5.90. The molecule has 1 aromatic rings. The molecule has 0 aliphatic rings. The maximum absolute atomic E-state index is 13.1. The topological polar surface area (TPSA) is 126 Å². The van der Waals surface area contributed by atoms with Gasteiger partial charge in [-0.1, -0.05) is 104 Å². The summed E-state index contributed by atoms with van der Waals surface area (Å²) in [6, 6.07) is 0. The molecule has 36 heavy (non-hydrogen) atoms. The van der Waals surface area contributed by atoms with Crippen LogP contribution < -0.4 is 16.0 Å².